The Morgan fingerprint density at radius 3 is 2.57 bits per heavy atom. The van der Waals surface area contributed by atoms with Gasteiger partial charge in [-0.15, -0.1) is 10.1 Å². The molecule has 0 saturated heterocycles. The molecule has 0 spiro atoms. The van der Waals surface area contributed by atoms with Gasteiger partial charge in [-0.3, -0.25) is 4.68 Å². The van der Waals surface area contributed by atoms with Gasteiger partial charge in [-0.25, -0.2) is 0 Å². The maximum atomic E-state index is 5.43. The molecule has 0 saturated carbocycles. The molecule has 0 aliphatic carbocycles. The maximum Gasteiger partial charge on any atom is 0.343 e. The third-order valence-corrected chi connectivity index (χ3v) is 2.32. The van der Waals surface area contributed by atoms with Gasteiger partial charge in [-0.2, -0.15) is 15.0 Å². The molecular formula is C12H19N7O2. The largest absolute Gasteiger partial charge is 0.463 e. The van der Waals surface area contributed by atoms with Gasteiger partial charge in [0.15, 0.2) is 0 Å². The first kappa shape index (κ1) is 14.9. The third-order valence-electron chi connectivity index (χ3n) is 2.32. The number of nitrogens with one attached hydrogen (secondary N) is 1. The lowest BCUT2D eigenvalue weighted by atomic mass is 10.5. The summed E-state index contributed by atoms with van der Waals surface area (Å²) in [6.45, 7) is 5.33. The molecular weight excluding hydrogens is 274 g/mol. The molecule has 21 heavy (non-hydrogen) atoms. The molecule has 0 radical (unpaired) electrons. The summed E-state index contributed by atoms with van der Waals surface area (Å²) in [4.78, 5) is 16.4. The van der Waals surface area contributed by atoms with E-state index in [1.807, 2.05) is 6.92 Å². The van der Waals surface area contributed by atoms with Gasteiger partial charge >= 0.3 is 18.0 Å². The van der Waals surface area contributed by atoms with Crippen LogP contribution in [0.4, 0.5) is 5.95 Å². The predicted octanol–water partition coefficient (Wildman–Crippen LogP) is 1.40. The first-order chi connectivity index (χ1) is 10.2. The van der Waals surface area contributed by atoms with Crippen molar-refractivity contribution in [3.8, 4) is 18.0 Å². The number of ether oxygens (including phenoxy) is 2. The standard InChI is InChI=1S/C12H19N7O2/c1-4-6-13-9-15-11(20-7-5-2)17-12(16-9)21-10-14-8-19(3)18-10/h8H,4-7H2,1-3H3,(H,13,15,16,17). The van der Waals surface area contributed by atoms with Crippen LogP contribution in [-0.4, -0.2) is 42.9 Å². The van der Waals surface area contributed by atoms with Gasteiger partial charge in [0.05, 0.1) is 6.61 Å². The lowest BCUT2D eigenvalue weighted by Crippen LogP contribution is -2.09. The summed E-state index contributed by atoms with van der Waals surface area (Å²) in [6.07, 6.45) is 3.34. The van der Waals surface area contributed by atoms with Crippen LogP contribution in [0.1, 0.15) is 26.7 Å². The van der Waals surface area contributed by atoms with E-state index in [-0.39, 0.29) is 18.0 Å². The van der Waals surface area contributed by atoms with Crippen LogP contribution in [0.15, 0.2) is 6.33 Å². The van der Waals surface area contributed by atoms with Gasteiger partial charge in [0.1, 0.15) is 6.33 Å². The van der Waals surface area contributed by atoms with Crippen LogP contribution in [-0.2, 0) is 7.05 Å². The zero-order chi connectivity index (χ0) is 15.1. The zero-order valence-electron chi connectivity index (χ0n) is 12.4. The van der Waals surface area contributed by atoms with Crippen LogP contribution in [0.2, 0.25) is 0 Å². The van der Waals surface area contributed by atoms with E-state index in [2.05, 4.69) is 37.3 Å². The molecule has 0 atom stereocenters. The Kier molecular flexibility index (Phi) is 5.24. The van der Waals surface area contributed by atoms with Crippen molar-refractivity contribution in [3.05, 3.63) is 6.33 Å². The molecule has 0 unspecified atom stereocenters. The van der Waals surface area contributed by atoms with E-state index in [9.17, 15) is 0 Å². The summed E-state index contributed by atoms with van der Waals surface area (Å²) in [7, 11) is 1.75. The van der Waals surface area contributed by atoms with Crippen molar-refractivity contribution >= 4 is 5.95 Å². The minimum Gasteiger partial charge on any atom is -0.463 e. The van der Waals surface area contributed by atoms with Crippen molar-refractivity contribution < 1.29 is 9.47 Å². The van der Waals surface area contributed by atoms with Crippen molar-refractivity contribution in [1.82, 2.24) is 29.7 Å². The topological polar surface area (TPSA) is 99.9 Å². The smallest absolute Gasteiger partial charge is 0.343 e. The molecule has 2 aromatic rings. The monoisotopic (exact) mass is 293 g/mol. The van der Waals surface area contributed by atoms with Crippen molar-refractivity contribution in [2.24, 2.45) is 7.05 Å². The highest BCUT2D eigenvalue weighted by Crippen LogP contribution is 2.17. The van der Waals surface area contributed by atoms with Crippen molar-refractivity contribution in [2.45, 2.75) is 26.7 Å². The molecule has 2 aromatic heterocycles. The number of hydrogen-bond acceptors (Lipinski definition) is 8. The average molecular weight is 293 g/mol. The van der Waals surface area contributed by atoms with Crippen molar-refractivity contribution in [1.29, 1.82) is 0 Å². The Morgan fingerprint density at radius 1 is 1.10 bits per heavy atom. The van der Waals surface area contributed by atoms with Gasteiger partial charge in [-0.1, -0.05) is 13.8 Å². The first-order valence-electron chi connectivity index (χ1n) is 6.87. The molecule has 0 aromatic carbocycles. The maximum absolute atomic E-state index is 5.43. The quantitative estimate of drug-likeness (QED) is 0.779. The Balaban J connectivity index is 2.16. The molecule has 0 aliphatic heterocycles. The first-order valence-corrected chi connectivity index (χ1v) is 6.87. The van der Waals surface area contributed by atoms with E-state index in [0.29, 0.717) is 12.6 Å². The summed E-state index contributed by atoms with van der Waals surface area (Å²) in [5, 5.41) is 7.09. The second kappa shape index (κ2) is 7.36. The van der Waals surface area contributed by atoms with Gasteiger partial charge in [0.25, 0.3) is 0 Å². The van der Waals surface area contributed by atoms with E-state index in [1.54, 1.807) is 7.05 Å². The fourth-order valence-electron chi connectivity index (χ4n) is 1.41. The minimum absolute atomic E-state index is 0.0981. The van der Waals surface area contributed by atoms with E-state index in [0.717, 1.165) is 19.4 Å². The predicted molar refractivity (Wildman–Crippen MR) is 75.5 cm³/mol. The highest BCUT2D eigenvalue weighted by Gasteiger charge is 2.11. The van der Waals surface area contributed by atoms with E-state index >= 15 is 0 Å². The molecule has 0 bridgehead atoms. The number of rotatable bonds is 8. The highest BCUT2D eigenvalue weighted by atomic mass is 16.5. The van der Waals surface area contributed by atoms with Crippen LogP contribution >= 0.6 is 0 Å². The summed E-state index contributed by atoms with van der Waals surface area (Å²) in [5.74, 6) is 0.406. The fraction of sp³-hybridized carbons (Fsp3) is 0.583. The Morgan fingerprint density at radius 2 is 1.90 bits per heavy atom. The number of hydrogen-bond donors (Lipinski definition) is 1. The van der Waals surface area contributed by atoms with E-state index in [1.165, 1.54) is 11.0 Å². The summed E-state index contributed by atoms with van der Waals surface area (Å²) >= 11 is 0. The molecule has 0 fully saturated rings. The Hall–Kier alpha value is -2.45. The molecule has 2 heterocycles. The third kappa shape index (κ3) is 4.55. The SMILES string of the molecule is CCCNc1nc(OCCC)nc(Oc2ncn(C)n2)n1. The van der Waals surface area contributed by atoms with Crippen LogP contribution in [0.3, 0.4) is 0 Å². The average Bonchev–Trinajstić information content (AvgIpc) is 2.88. The molecule has 9 heteroatoms. The van der Waals surface area contributed by atoms with Gasteiger partial charge in [-0.05, 0) is 12.8 Å². The normalized spacial score (nSPS) is 10.4. The van der Waals surface area contributed by atoms with E-state index < -0.39 is 0 Å². The van der Waals surface area contributed by atoms with Crippen LogP contribution in [0.25, 0.3) is 0 Å². The Bertz CT molecular complexity index is 546. The molecule has 114 valence electrons. The lowest BCUT2D eigenvalue weighted by molar-refractivity contribution is 0.284. The molecule has 9 nitrogen and oxygen atoms in total. The molecule has 1 N–H and O–H groups in total. The summed E-state index contributed by atoms with van der Waals surface area (Å²) in [5.41, 5.74) is 0. The fourth-order valence-corrected chi connectivity index (χ4v) is 1.41. The number of aryl methyl sites for hydroxylation is 1. The molecule has 2 rings (SSSR count). The van der Waals surface area contributed by atoms with Crippen molar-refractivity contribution in [2.75, 3.05) is 18.5 Å². The van der Waals surface area contributed by atoms with Gasteiger partial charge in [0, 0.05) is 13.6 Å². The number of anilines is 1. The second-order valence-electron chi connectivity index (χ2n) is 4.30. The van der Waals surface area contributed by atoms with Crippen LogP contribution in [0, 0.1) is 0 Å². The minimum atomic E-state index is 0.0981. The van der Waals surface area contributed by atoms with Crippen LogP contribution < -0.4 is 14.8 Å². The van der Waals surface area contributed by atoms with Gasteiger partial charge < -0.3 is 14.8 Å². The van der Waals surface area contributed by atoms with Crippen LogP contribution in [0.5, 0.6) is 18.0 Å². The second-order valence-corrected chi connectivity index (χ2v) is 4.30. The lowest BCUT2D eigenvalue weighted by Gasteiger charge is -2.08. The Labute approximate surface area is 122 Å². The summed E-state index contributed by atoms with van der Waals surface area (Å²) < 4.78 is 12.4. The number of aromatic nitrogens is 6. The zero-order valence-corrected chi connectivity index (χ0v) is 12.4. The van der Waals surface area contributed by atoms with Gasteiger partial charge in [0.2, 0.25) is 5.95 Å². The number of nitrogens with zero attached hydrogens (tertiary/aromatic N) is 6. The molecule has 0 amide bonds. The molecule has 0 aliphatic rings. The van der Waals surface area contributed by atoms with Crippen molar-refractivity contribution in [3.63, 3.8) is 0 Å². The summed E-state index contributed by atoms with van der Waals surface area (Å²) in [6, 6.07) is 0.490. The highest BCUT2D eigenvalue weighted by molar-refractivity contribution is 5.27. The van der Waals surface area contributed by atoms with E-state index in [4.69, 9.17) is 9.47 Å².